The molecule has 1 aromatic heterocycles. The number of hydrogen-bond donors (Lipinski definition) is 1. The highest BCUT2D eigenvalue weighted by molar-refractivity contribution is 5.39. The van der Waals surface area contributed by atoms with Crippen LogP contribution in [0.1, 0.15) is 58.1 Å². The van der Waals surface area contributed by atoms with Crippen LogP contribution in [-0.4, -0.2) is 28.6 Å². The molecule has 1 unspecified atom stereocenters. The summed E-state index contributed by atoms with van der Waals surface area (Å²) in [5.74, 6) is 1.97. The van der Waals surface area contributed by atoms with Crippen molar-refractivity contribution in [2.45, 2.75) is 71.0 Å². The molecule has 0 radical (unpaired) electrons. The molecule has 116 valence electrons. The van der Waals surface area contributed by atoms with Gasteiger partial charge in [0.25, 0.3) is 0 Å². The lowest BCUT2D eigenvalue weighted by molar-refractivity contribution is 0.429. The van der Waals surface area contributed by atoms with Gasteiger partial charge in [-0.05, 0) is 31.6 Å². The lowest BCUT2D eigenvalue weighted by Crippen LogP contribution is -2.35. The Morgan fingerprint density at radius 2 is 1.95 bits per heavy atom. The van der Waals surface area contributed by atoms with Crippen LogP contribution < -0.4 is 10.2 Å². The molecule has 1 saturated heterocycles. The molecule has 0 amide bonds. The van der Waals surface area contributed by atoms with Crippen LogP contribution in [0.4, 0.5) is 5.82 Å². The van der Waals surface area contributed by atoms with Gasteiger partial charge in [0.15, 0.2) is 0 Å². The molecule has 3 rings (SSSR count). The first-order valence-electron chi connectivity index (χ1n) is 8.55. The van der Waals surface area contributed by atoms with Crippen molar-refractivity contribution in [3.8, 4) is 0 Å². The first-order valence-corrected chi connectivity index (χ1v) is 8.55. The van der Waals surface area contributed by atoms with Crippen LogP contribution in [0.25, 0.3) is 0 Å². The summed E-state index contributed by atoms with van der Waals surface area (Å²) in [7, 11) is 0. The SMILES string of the molecule is CC(C)NCc1cnc(N2CCCC2C2CCCC2)cn1. The van der Waals surface area contributed by atoms with E-state index in [2.05, 4.69) is 34.0 Å². The van der Waals surface area contributed by atoms with Gasteiger partial charge in [-0.25, -0.2) is 4.98 Å². The molecule has 2 aliphatic rings. The molecule has 21 heavy (non-hydrogen) atoms. The molecule has 2 heterocycles. The van der Waals surface area contributed by atoms with Gasteiger partial charge in [-0.2, -0.15) is 0 Å². The largest absolute Gasteiger partial charge is 0.352 e. The first kappa shape index (κ1) is 14.8. The minimum atomic E-state index is 0.483. The molecular weight excluding hydrogens is 260 g/mol. The molecule has 0 bridgehead atoms. The normalized spacial score (nSPS) is 23.4. The highest BCUT2D eigenvalue weighted by atomic mass is 15.2. The molecule has 1 atom stereocenters. The van der Waals surface area contributed by atoms with Crippen LogP contribution in [0, 0.1) is 5.92 Å². The molecule has 1 N–H and O–H groups in total. The van der Waals surface area contributed by atoms with Crippen molar-refractivity contribution in [2.24, 2.45) is 5.92 Å². The van der Waals surface area contributed by atoms with Gasteiger partial charge in [0.1, 0.15) is 5.82 Å². The summed E-state index contributed by atoms with van der Waals surface area (Å²) in [6.45, 7) is 6.26. The fraction of sp³-hybridized carbons (Fsp3) is 0.765. The van der Waals surface area contributed by atoms with Crippen molar-refractivity contribution in [1.82, 2.24) is 15.3 Å². The van der Waals surface area contributed by atoms with Crippen molar-refractivity contribution in [1.29, 1.82) is 0 Å². The maximum atomic E-state index is 4.68. The third kappa shape index (κ3) is 3.54. The zero-order chi connectivity index (χ0) is 14.7. The predicted molar refractivity (Wildman–Crippen MR) is 86.3 cm³/mol. The summed E-state index contributed by atoms with van der Waals surface area (Å²) < 4.78 is 0. The number of anilines is 1. The van der Waals surface area contributed by atoms with Crippen LogP contribution in [0.5, 0.6) is 0 Å². The minimum absolute atomic E-state index is 0.483. The lowest BCUT2D eigenvalue weighted by Gasteiger charge is -2.30. The van der Waals surface area contributed by atoms with Crippen molar-refractivity contribution in [3.05, 3.63) is 18.1 Å². The van der Waals surface area contributed by atoms with E-state index in [1.165, 1.54) is 38.5 Å². The number of rotatable bonds is 5. The Morgan fingerprint density at radius 1 is 1.14 bits per heavy atom. The Balaban J connectivity index is 1.65. The van der Waals surface area contributed by atoms with Gasteiger partial charge in [0.05, 0.1) is 18.1 Å². The summed E-state index contributed by atoms with van der Waals surface area (Å²) in [6, 6.07) is 1.19. The Bertz CT molecular complexity index is 437. The summed E-state index contributed by atoms with van der Waals surface area (Å²) in [5.41, 5.74) is 1.03. The molecule has 4 heteroatoms. The second-order valence-corrected chi connectivity index (χ2v) is 6.85. The van der Waals surface area contributed by atoms with Crippen LogP contribution >= 0.6 is 0 Å². The number of aromatic nitrogens is 2. The van der Waals surface area contributed by atoms with Crippen LogP contribution in [0.15, 0.2) is 12.4 Å². The standard InChI is InChI=1S/C17H28N4/c1-13(2)18-10-15-11-20-17(12-19-15)21-9-5-8-16(21)14-6-3-4-7-14/h11-14,16,18H,3-10H2,1-2H3. The van der Waals surface area contributed by atoms with E-state index < -0.39 is 0 Å². The summed E-state index contributed by atoms with van der Waals surface area (Å²) in [5, 5.41) is 3.39. The molecule has 1 aliphatic carbocycles. The van der Waals surface area contributed by atoms with E-state index in [9.17, 15) is 0 Å². The second-order valence-electron chi connectivity index (χ2n) is 6.85. The van der Waals surface area contributed by atoms with E-state index >= 15 is 0 Å². The smallest absolute Gasteiger partial charge is 0.147 e. The highest BCUT2D eigenvalue weighted by Gasteiger charge is 2.33. The van der Waals surface area contributed by atoms with Gasteiger partial charge in [-0.15, -0.1) is 0 Å². The molecule has 0 spiro atoms. The lowest BCUT2D eigenvalue weighted by atomic mass is 9.96. The Kier molecular flexibility index (Phi) is 4.73. The van der Waals surface area contributed by atoms with E-state index in [0.29, 0.717) is 12.1 Å². The van der Waals surface area contributed by atoms with E-state index in [-0.39, 0.29) is 0 Å². The van der Waals surface area contributed by atoms with Crippen LogP contribution in [-0.2, 0) is 6.54 Å². The van der Waals surface area contributed by atoms with Gasteiger partial charge >= 0.3 is 0 Å². The molecule has 1 aromatic rings. The fourth-order valence-corrected chi connectivity index (χ4v) is 3.81. The van der Waals surface area contributed by atoms with Gasteiger partial charge in [-0.1, -0.05) is 26.7 Å². The van der Waals surface area contributed by atoms with Gasteiger partial charge in [-0.3, -0.25) is 4.98 Å². The Hall–Kier alpha value is -1.16. The summed E-state index contributed by atoms with van der Waals surface area (Å²) in [6.07, 6.45) is 12.2. The van der Waals surface area contributed by atoms with Gasteiger partial charge in [0.2, 0.25) is 0 Å². The third-order valence-corrected chi connectivity index (χ3v) is 4.92. The third-order valence-electron chi connectivity index (χ3n) is 4.92. The maximum absolute atomic E-state index is 4.68. The van der Waals surface area contributed by atoms with Crippen molar-refractivity contribution in [3.63, 3.8) is 0 Å². The topological polar surface area (TPSA) is 41.1 Å². The Morgan fingerprint density at radius 3 is 2.62 bits per heavy atom. The van der Waals surface area contributed by atoms with Gasteiger partial charge < -0.3 is 10.2 Å². The first-order chi connectivity index (χ1) is 10.2. The quantitative estimate of drug-likeness (QED) is 0.904. The van der Waals surface area contributed by atoms with Gasteiger partial charge in [0, 0.05) is 25.2 Å². The predicted octanol–water partition coefficient (Wildman–Crippen LogP) is 3.13. The van der Waals surface area contributed by atoms with E-state index in [1.54, 1.807) is 0 Å². The zero-order valence-electron chi connectivity index (χ0n) is 13.4. The van der Waals surface area contributed by atoms with E-state index in [0.717, 1.165) is 30.5 Å². The fourth-order valence-electron chi connectivity index (χ4n) is 3.81. The van der Waals surface area contributed by atoms with Crippen LogP contribution in [0.3, 0.4) is 0 Å². The maximum Gasteiger partial charge on any atom is 0.147 e. The van der Waals surface area contributed by atoms with E-state index in [1.807, 2.05) is 12.4 Å². The van der Waals surface area contributed by atoms with Crippen molar-refractivity contribution >= 4 is 5.82 Å². The molecule has 2 fully saturated rings. The molecule has 1 saturated carbocycles. The zero-order valence-corrected chi connectivity index (χ0v) is 13.4. The molecule has 0 aromatic carbocycles. The number of nitrogens with one attached hydrogen (secondary N) is 1. The minimum Gasteiger partial charge on any atom is -0.352 e. The van der Waals surface area contributed by atoms with Crippen molar-refractivity contribution < 1.29 is 0 Å². The number of nitrogens with zero attached hydrogens (tertiary/aromatic N) is 3. The average molecular weight is 288 g/mol. The average Bonchev–Trinajstić information content (AvgIpc) is 3.16. The molecule has 1 aliphatic heterocycles. The monoisotopic (exact) mass is 288 g/mol. The highest BCUT2D eigenvalue weighted by Crippen LogP contribution is 2.36. The Labute approximate surface area is 128 Å². The van der Waals surface area contributed by atoms with E-state index in [4.69, 9.17) is 0 Å². The molecular formula is C17H28N4. The van der Waals surface area contributed by atoms with Crippen molar-refractivity contribution in [2.75, 3.05) is 11.4 Å². The summed E-state index contributed by atoms with van der Waals surface area (Å²) in [4.78, 5) is 11.8. The molecule has 4 nitrogen and oxygen atoms in total. The summed E-state index contributed by atoms with van der Waals surface area (Å²) >= 11 is 0. The number of hydrogen-bond acceptors (Lipinski definition) is 4. The van der Waals surface area contributed by atoms with Crippen LogP contribution in [0.2, 0.25) is 0 Å². The second kappa shape index (κ2) is 6.73.